The molecule has 2 amide bonds. The van der Waals surface area contributed by atoms with Gasteiger partial charge >= 0.3 is 6.09 Å². The van der Waals surface area contributed by atoms with Crippen LogP contribution >= 0.6 is 0 Å². The number of amides is 2. The van der Waals surface area contributed by atoms with Crippen molar-refractivity contribution in [2.75, 3.05) is 0 Å². The van der Waals surface area contributed by atoms with Crippen LogP contribution in [-0.2, 0) is 22.5 Å². The second-order valence-electron chi connectivity index (χ2n) is 10.7. The number of nitrogens with one attached hydrogen (secondary N) is 3. The van der Waals surface area contributed by atoms with E-state index in [1.165, 1.54) is 19.3 Å². The van der Waals surface area contributed by atoms with Crippen molar-refractivity contribution in [2.45, 2.75) is 63.1 Å². The summed E-state index contributed by atoms with van der Waals surface area (Å²) in [7, 11) is 0. The molecule has 0 aliphatic heterocycles. The molecule has 4 saturated carbocycles. The van der Waals surface area contributed by atoms with Crippen LogP contribution in [0.4, 0.5) is 4.79 Å². The second kappa shape index (κ2) is 9.72. The van der Waals surface area contributed by atoms with Gasteiger partial charge in [-0.15, -0.1) is 0 Å². The topological polar surface area (TPSA) is 117 Å². The van der Waals surface area contributed by atoms with E-state index in [4.69, 9.17) is 15.9 Å². The number of nitrogens with two attached hydrogens (primary N) is 1. The van der Waals surface area contributed by atoms with Gasteiger partial charge in [0, 0.05) is 18.5 Å². The van der Waals surface area contributed by atoms with Gasteiger partial charge in [0.1, 0.15) is 17.5 Å². The molecule has 4 fully saturated rings. The van der Waals surface area contributed by atoms with Gasteiger partial charge in [0.15, 0.2) is 0 Å². The molecule has 4 aliphatic rings. The van der Waals surface area contributed by atoms with Crippen molar-refractivity contribution in [3.63, 3.8) is 0 Å². The zero-order chi connectivity index (χ0) is 24.4. The lowest BCUT2D eigenvalue weighted by Gasteiger charge is -2.55. The van der Waals surface area contributed by atoms with Gasteiger partial charge in [-0.2, -0.15) is 0 Å². The minimum absolute atomic E-state index is 0.0360. The number of hydrogen-bond donors (Lipinski definition) is 4. The first-order valence-corrected chi connectivity index (χ1v) is 12.6. The maximum Gasteiger partial charge on any atom is 0.408 e. The highest BCUT2D eigenvalue weighted by molar-refractivity contribution is 5.95. The average molecular weight is 475 g/mol. The Hall–Kier alpha value is -3.35. The molecule has 35 heavy (non-hydrogen) atoms. The van der Waals surface area contributed by atoms with Crippen molar-refractivity contribution in [1.82, 2.24) is 10.6 Å². The third-order valence-corrected chi connectivity index (χ3v) is 7.89. The van der Waals surface area contributed by atoms with Gasteiger partial charge in [-0.05, 0) is 73.5 Å². The highest BCUT2D eigenvalue weighted by atomic mass is 16.6. The lowest BCUT2D eigenvalue weighted by molar-refractivity contribution is -0.131. The molecular formula is C28H34N4O3. The van der Waals surface area contributed by atoms with Crippen LogP contribution in [0.15, 0.2) is 54.6 Å². The Morgan fingerprint density at radius 2 is 1.60 bits per heavy atom. The van der Waals surface area contributed by atoms with Crippen molar-refractivity contribution in [3.8, 4) is 0 Å². The van der Waals surface area contributed by atoms with E-state index in [-0.39, 0.29) is 23.8 Å². The molecule has 4 bridgehead atoms. The van der Waals surface area contributed by atoms with Crippen molar-refractivity contribution >= 4 is 17.8 Å². The summed E-state index contributed by atoms with van der Waals surface area (Å²) in [5.41, 5.74) is 7.65. The normalized spacial score (nSPS) is 27.1. The number of carbonyl (C=O) groups is 2. The molecule has 7 nitrogen and oxygen atoms in total. The van der Waals surface area contributed by atoms with E-state index in [1.807, 2.05) is 36.4 Å². The first-order valence-electron chi connectivity index (χ1n) is 12.6. The molecule has 4 aliphatic carbocycles. The highest BCUT2D eigenvalue weighted by Crippen LogP contribution is 2.57. The number of carbonyl (C=O) groups excluding carboxylic acids is 2. The Morgan fingerprint density at radius 3 is 2.23 bits per heavy atom. The molecule has 7 heteroatoms. The Labute approximate surface area is 206 Å². The predicted molar refractivity (Wildman–Crippen MR) is 134 cm³/mol. The fourth-order valence-corrected chi connectivity index (χ4v) is 6.74. The van der Waals surface area contributed by atoms with Gasteiger partial charge in [-0.1, -0.05) is 48.5 Å². The Kier molecular flexibility index (Phi) is 6.50. The number of ether oxygens (including phenoxy) is 1. The zero-order valence-corrected chi connectivity index (χ0v) is 20.0. The van der Waals surface area contributed by atoms with Crippen LogP contribution in [-0.4, -0.2) is 29.5 Å². The molecule has 1 atom stereocenters. The molecule has 6 rings (SSSR count). The van der Waals surface area contributed by atoms with Crippen molar-refractivity contribution in [1.29, 1.82) is 5.41 Å². The van der Waals surface area contributed by atoms with E-state index < -0.39 is 12.1 Å². The van der Waals surface area contributed by atoms with Crippen LogP contribution in [0.1, 0.15) is 55.2 Å². The average Bonchev–Trinajstić information content (AvgIpc) is 2.81. The number of benzene rings is 2. The minimum Gasteiger partial charge on any atom is -0.443 e. The monoisotopic (exact) mass is 474 g/mol. The van der Waals surface area contributed by atoms with E-state index >= 15 is 0 Å². The molecule has 1 unspecified atom stereocenters. The summed E-state index contributed by atoms with van der Waals surface area (Å²) < 4.78 is 6.11. The summed E-state index contributed by atoms with van der Waals surface area (Å²) in [6.07, 6.45) is 6.38. The fraction of sp³-hybridized carbons (Fsp3) is 0.464. The third-order valence-electron chi connectivity index (χ3n) is 7.89. The van der Waals surface area contributed by atoms with Gasteiger partial charge in [0.2, 0.25) is 5.91 Å². The quantitative estimate of drug-likeness (QED) is 0.343. The molecule has 184 valence electrons. The SMILES string of the molecule is N=C(N)c1cccc(CC(NC(=O)OC23CC4CC(CC(C4)C2)C3)C(=O)NCc2ccccc2)c1. The molecule has 5 N–H and O–H groups in total. The van der Waals surface area contributed by atoms with Crippen LogP contribution in [0.2, 0.25) is 0 Å². The number of nitrogen functional groups attached to an aromatic ring is 1. The lowest BCUT2D eigenvalue weighted by atomic mass is 9.54. The third kappa shape index (κ3) is 5.50. The summed E-state index contributed by atoms with van der Waals surface area (Å²) in [6, 6.07) is 16.1. The molecule has 0 radical (unpaired) electrons. The van der Waals surface area contributed by atoms with Gasteiger partial charge in [-0.3, -0.25) is 10.2 Å². The van der Waals surface area contributed by atoms with E-state index in [2.05, 4.69) is 10.6 Å². The summed E-state index contributed by atoms with van der Waals surface area (Å²) in [6.45, 7) is 0.370. The van der Waals surface area contributed by atoms with Crippen LogP contribution in [0.5, 0.6) is 0 Å². The number of rotatable bonds is 8. The highest BCUT2D eigenvalue weighted by Gasteiger charge is 2.53. The molecule has 0 aromatic heterocycles. The largest absolute Gasteiger partial charge is 0.443 e. The summed E-state index contributed by atoms with van der Waals surface area (Å²) >= 11 is 0. The van der Waals surface area contributed by atoms with Crippen LogP contribution in [0, 0.1) is 23.2 Å². The van der Waals surface area contributed by atoms with Crippen molar-refractivity contribution in [2.24, 2.45) is 23.5 Å². The van der Waals surface area contributed by atoms with Crippen molar-refractivity contribution in [3.05, 3.63) is 71.3 Å². The Balaban J connectivity index is 1.28. The van der Waals surface area contributed by atoms with Gasteiger partial charge in [-0.25, -0.2) is 4.79 Å². The predicted octanol–water partition coefficient (Wildman–Crippen LogP) is 3.89. The first-order chi connectivity index (χ1) is 16.9. The lowest BCUT2D eigenvalue weighted by Crippen LogP contribution is -2.55. The molecule has 0 spiro atoms. The first kappa shape index (κ1) is 23.4. The van der Waals surface area contributed by atoms with E-state index in [0.29, 0.717) is 29.9 Å². The van der Waals surface area contributed by atoms with Crippen molar-refractivity contribution < 1.29 is 14.3 Å². The molecule has 0 heterocycles. The van der Waals surface area contributed by atoms with Crippen LogP contribution in [0.3, 0.4) is 0 Å². The summed E-state index contributed by atoms with van der Waals surface area (Å²) in [5.74, 6) is 1.67. The summed E-state index contributed by atoms with van der Waals surface area (Å²) in [5, 5.41) is 13.5. The molecular weight excluding hydrogens is 440 g/mol. The standard InChI is InChI=1S/C28H34N4O3/c29-25(30)23-8-4-7-19(12-23)13-24(26(33)31-17-18-5-2-1-3-6-18)32-27(34)35-28-14-20-9-21(15-28)11-22(10-20)16-28/h1-8,12,20-22,24H,9-11,13-17H2,(H3,29,30)(H,31,33)(H,32,34). The maximum atomic E-state index is 13.2. The van der Waals surface area contributed by atoms with E-state index in [1.54, 1.807) is 18.2 Å². The number of amidine groups is 1. The summed E-state index contributed by atoms with van der Waals surface area (Å²) in [4.78, 5) is 26.3. The van der Waals surface area contributed by atoms with Crippen LogP contribution < -0.4 is 16.4 Å². The molecule has 0 saturated heterocycles. The minimum atomic E-state index is -0.803. The molecule has 2 aromatic carbocycles. The smallest absolute Gasteiger partial charge is 0.408 e. The van der Waals surface area contributed by atoms with Crippen LogP contribution in [0.25, 0.3) is 0 Å². The van der Waals surface area contributed by atoms with Gasteiger partial charge < -0.3 is 21.1 Å². The van der Waals surface area contributed by atoms with Gasteiger partial charge in [0.05, 0.1) is 0 Å². The maximum absolute atomic E-state index is 13.2. The number of hydrogen-bond acceptors (Lipinski definition) is 4. The zero-order valence-electron chi connectivity index (χ0n) is 20.0. The van der Waals surface area contributed by atoms with E-state index in [9.17, 15) is 9.59 Å². The second-order valence-corrected chi connectivity index (χ2v) is 10.7. The Bertz CT molecular complexity index is 1070. The molecule has 2 aromatic rings. The fourth-order valence-electron chi connectivity index (χ4n) is 6.74. The Morgan fingerprint density at radius 1 is 0.971 bits per heavy atom. The van der Waals surface area contributed by atoms with Gasteiger partial charge in [0.25, 0.3) is 0 Å². The number of alkyl carbamates (subject to hydrolysis) is 1. The van der Waals surface area contributed by atoms with E-state index in [0.717, 1.165) is 30.4 Å².